The lowest BCUT2D eigenvalue weighted by Crippen LogP contribution is -2.32. The molecule has 1 aliphatic rings. The first kappa shape index (κ1) is 18.0. The van der Waals surface area contributed by atoms with Gasteiger partial charge in [-0.1, -0.05) is 44.2 Å². The van der Waals surface area contributed by atoms with Gasteiger partial charge in [0.05, 0.1) is 0 Å². The summed E-state index contributed by atoms with van der Waals surface area (Å²) in [5, 5.41) is 2.52. The maximum atomic E-state index is 13.0. The highest BCUT2D eigenvalue weighted by Crippen LogP contribution is 2.30. The van der Waals surface area contributed by atoms with Gasteiger partial charge in [0, 0.05) is 23.8 Å². The Labute approximate surface area is 154 Å². The van der Waals surface area contributed by atoms with Crippen LogP contribution in [0.5, 0.6) is 0 Å². The molecule has 0 spiro atoms. The molecule has 1 aliphatic carbocycles. The average molecular weight is 351 g/mol. The van der Waals surface area contributed by atoms with Crippen molar-refractivity contribution in [1.82, 2.24) is 4.90 Å². The Kier molecular flexibility index (Phi) is 5.26. The summed E-state index contributed by atoms with van der Waals surface area (Å²) in [4.78, 5) is 26.0. The molecule has 0 unspecified atom stereocenters. The van der Waals surface area contributed by atoms with Crippen LogP contribution >= 0.6 is 0 Å². The van der Waals surface area contributed by atoms with E-state index in [9.17, 15) is 9.59 Å². The van der Waals surface area contributed by atoms with Gasteiger partial charge < -0.3 is 16.0 Å². The second-order valence-electron chi connectivity index (χ2n) is 7.13. The van der Waals surface area contributed by atoms with Gasteiger partial charge in [0.15, 0.2) is 0 Å². The molecule has 0 aliphatic heterocycles. The van der Waals surface area contributed by atoms with E-state index in [0.29, 0.717) is 29.8 Å². The van der Waals surface area contributed by atoms with E-state index in [1.165, 1.54) is 5.56 Å². The van der Waals surface area contributed by atoms with Crippen molar-refractivity contribution in [2.75, 3.05) is 5.32 Å². The van der Waals surface area contributed by atoms with Crippen molar-refractivity contribution >= 4 is 17.6 Å². The second kappa shape index (κ2) is 7.60. The molecule has 1 saturated carbocycles. The molecule has 3 N–H and O–H groups in total. The average Bonchev–Trinajstić information content (AvgIpc) is 3.44. The Morgan fingerprint density at radius 2 is 1.85 bits per heavy atom. The number of hydrogen-bond acceptors (Lipinski definition) is 2. The molecule has 1 fully saturated rings. The third-order valence-corrected chi connectivity index (χ3v) is 4.62. The zero-order valence-electron chi connectivity index (χ0n) is 15.2. The molecule has 0 radical (unpaired) electrons. The standard InChI is InChI=1S/C21H25N3O2/c1-14(2)16-8-6-15(7-9-16)13-24(19-10-11-19)20(25)17-4-3-5-18(12-17)23-21(22)26/h3-9,12,14,19H,10-11,13H2,1-2H3,(H3,22,23,26). The highest BCUT2D eigenvalue weighted by Gasteiger charge is 2.33. The normalized spacial score (nSPS) is 13.5. The van der Waals surface area contributed by atoms with Crippen molar-refractivity contribution in [3.8, 4) is 0 Å². The first-order chi connectivity index (χ1) is 12.4. The molecular formula is C21H25N3O2. The SMILES string of the molecule is CC(C)c1ccc(CN(C(=O)c2cccc(NC(N)=O)c2)C2CC2)cc1. The Hall–Kier alpha value is -2.82. The monoisotopic (exact) mass is 351 g/mol. The predicted octanol–water partition coefficient (Wildman–Crippen LogP) is 4.11. The van der Waals surface area contributed by atoms with Crippen molar-refractivity contribution in [2.45, 2.75) is 45.2 Å². The number of nitrogens with one attached hydrogen (secondary N) is 1. The van der Waals surface area contributed by atoms with Crippen molar-refractivity contribution < 1.29 is 9.59 Å². The molecule has 0 heterocycles. The van der Waals surface area contributed by atoms with Crippen LogP contribution in [-0.2, 0) is 6.54 Å². The van der Waals surface area contributed by atoms with Gasteiger partial charge >= 0.3 is 6.03 Å². The number of carbonyl (C=O) groups excluding carboxylic acids is 2. The molecule has 136 valence electrons. The summed E-state index contributed by atoms with van der Waals surface area (Å²) in [6.45, 7) is 4.93. The Bertz CT molecular complexity index is 795. The zero-order valence-corrected chi connectivity index (χ0v) is 15.2. The minimum atomic E-state index is -0.640. The number of rotatable bonds is 6. The van der Waals surface area contributed by atoms with Gasteiger partial charge in [0.25, 0.3) is 5.91 Å². The van der Waals surface area contributed by atoms with Gasteiger partial charge in [-0.25, -0.2) is 4.79 Å². The fourth-order valence-electron chi connectivity index (χ4n) is 3.00. The van der Waals surface area contributed by atoms with Gasteiger partial charge in [0.1, 0.15) is 0 Å². The highest BCUT2D eigenvalue weighted by molar-refractivity contribution is 5.97. The third kappa shape index (κ3) is 4.42. The molecule has 0 bridgehead atoms. The molecule has 0 aromatic heterocycles. The molecule has 3 rings (SSSR count). The molecule has 5 heteroatoms. The van der Waals surface area contributed by atoms with Crippen molar-refractivity contribution in [3.05, 3.63) is 65.2 Å². The van der Waals surface area contributed by atoms with Gasteiger partial charge in [-0.15, -0.1) is 0 Å². The Morgan fingerprint density at radius 3 is 2.42 bits per heavy atom. The van der Waals surface area contributed by atoms with Crippen LogP contribution in [0.25, 0.3) is 0 Å². The number of nitrogens with zero attached hydrogens (tertiary/aromatic N) is 1. The van der Waals surface area contributed by atoms with Crippen LogP contribution in [0.4, 0.5) is 10.5 Å². The van der Waals surface area contributed by atoms with E-state index in [1.807, 2.05) is 4.90 Å². The number of amides is 3. The fraction of sp³-hybridized carbons (Fsp3) is 0.333. The van der Waals surface area contributed by atoms with Gasteiger partial charge in [0.2, 0.25) is 0 Å². The van der Waals surface area contributed by atoms with E-state index >= 15 is 0 Å². The summed E-state index contributed by atoms with van der Waals surface area (Å²) >= 11 is 0. The lowest BCUT2D eigenvalue weighted by atomic mass is 10.0. The smallest absolute Gasteiger partial charge is 0.316 e. The summed E-state index contributed by atoms with van der Waals surface area (Å²) in [5.74, 6) is 0.472. The predicted molar refractivity (Wildman–Crippen MR) is 103 cm³/mol. The summed E-state index contributed by atoms with van der Waals surface area (Å²) in [6.07, 6.45) is 2.07. The number of nitrogens with two attached hydrogens (primary N) is 1. The Balaban J connectivity index is 1.77. The van der Waals surface area contributed by atoms with Gasteiger partial charge in [-0.2, -0.15) is 0 Å². The van der Waals surface area contributed by atoms with Crippen LogP contribution in [-0.4, -0.2) is 22.9 Å². The quantitative estimate of drug-likeness (QED) is 0.822. The van der Waals surface area contributed by atoms with Crippen molar-refractivity contribution in [3.63, 3.8) is 0 Å². The lowest BCUT2D eigenvalue weighted by Gasteiger charge is -2.23. The minimum absolute atomic E-state index is 0.0199. The molecule has 0 atom stereocenters. The number of hydrogen-bond donors (Lipinski definition) is 2. The number of carbonyl (C=O) groups is 2. The van der Waals surface area contributed by atoms with Crippen LogP contribution in [0.1, 0.15) is 54.1 Å². The summed E-state index contributed by atoms with van der Waals surface area (Å²) < 4.78 is 0. The lowest BCUT2D eigenvalue weighted by molar-refractivity contribution is 0.0730. The van der Waals surface area contributed by atoms with E-state index in [4.69, 9.17) is 5.73 Å². The zero-order chi connectivity index (χ0) is 18.7. The molecule has 5 nitrogen and oxygen atoms in total. The van der Waals surface area contributed by atoms with Crippen LogP contribution in [0.2, 0.25) is 0 Å². The fourth-order valence-corrected chi connectivity index (χ4v) is 3.00. The molecular weight excluding hydrogens is 326 g/mol. The van der Waals surface area contributed by atoms with Crippen LogP contribution in [0.15, 0.2) is 48.5 Å². The Morgan fingerprint density at radius 1 is 1.15 bits per heavy atom. The molecule has 2 aromatic carbocycles. The summed E-state index contributed by atoms with van der Waals surface area (Å²) in [6, 6.07) is 15.0. The molecule has 2 aromatic rings. The van der Waals surface area contributed by atoms with E-state index in [2.05, 4.69) is 43.4 Å². The molecule has 3 amide bonds. The van der Waals surface area contributed by atoms with Gasteiger partial charge in [-0.3, -0.25) is 4.79 Å². The van der Waals surface area contributed by atoms with E-state index in [1.54, 1.807) is 24.3 Å². The van der Waals surface area contributed by atoms with E-state index in [-0.39, 0.29) is 5.91 Å². The second-order valence-corrected chi connectivity index (χ2v) is 7.13. The molecule has 26 heavy (non-hydrogen) atoms. The topological polar surface area (TPSA) is 75.4 Å². The maximum absolute atomic E-state index is 13.0. The highest BCUT2D eigenvalue weighted by atomic mass is 16.2. The first-order valence-electron chi connectivity index (χ1n) is 9.00. The minimum Gasteiger partial charge on any atom is -0.351 e. The van der Waals surface area contributed by atoms with Crippen molar-refractivity contribution in [2.24, 2.45) is 5.73 Å². The van der Waals surface area contributed by atoms with Crippen LogP contribution in [0.3, 0.4) is 0 Å². The van der Waals surface area contributed by atoms with Crippen molar-refractivity contribution in [1.29, 1.82) is 0 Å². The maximum Gasteiger partial charge on any atom is 0.316 e. The van der Waals surface area contributed by atoms with Gasteiger partial charge in [-0.05, 0) is 48.1 Å². The van der Waals surface area contributed by atoms with E-state index in [0.717, 1.165) is 18.4 Å². The summed E-state index contributed by atoms with van der Waals surface area (Å²) in [7, 11) is 0. The molecule has 0 saturated heterocycles. The van der Waals surface area contributed by atoms with Crippen LogP contribution < -0.4 is 11.1 Å². The number of primary amides is 1. The number of benzene rings is 2. The number of anilines is 1. The third-order valence-electron chi connectivity index (χ3n) is 4.62. The first-order valence-corrected chi connectivity index (χ1v) is 9.00. The number of urea groups is 1. The largest absolute Gasteiger partial charge is 0.351 e. The summed E-state index contributed by atoms with van der Waals surface area (Å²) in [5.41, 5.74) is 8.67. The van der Waals surface area contributed by atoms with Crippen LogP contribution in [0, 0.1) is 0 Å². The van der Waals surface area contributed by atoms with E-state index < -0.39 is 6.03 Å².